The van der Waals surface area contributed by atoms with Gasteiger partial charge in [0.15, 0.2) is 0 Å². The van der Waals surface area contributed by atoms with Gasteiger partial charge in [-0.2, -0.15) is 0 Å². The summed E-state index contributed by atoms with van der Waals surface area (Å²) in [6.45, 7) is 2.03. The number of aromatic nitrogens is 2. The highest BCUT2D eigenvalue weighted by molar-refractivity contribution is 5.91. The molecule has 3 aromatic rings. The van der Waals surface area contributed by atoms with Crippen molar-refractivity contribution in [1.82, 2.24) is 14.9 Å². The van der Waals surface area contributed by atoms with Crippen molar-refractivity contribution >= 4 is 5.91 Å². The first-order valence-corrected chi connectivity index (χ1v) is 8.64. The van der Waals surface area contributed by atoms with E-state index in [1.165, 1.54) is 0 Å². The van der Waals surface area contributed by atoms with Crippen molar-refractivity contribution in [2.75, 3.05) is 0 Å². The lowest BCUT2D eigenvalue weighted by molar-refractivity contribution is -0.124. The lowest BCUT2D eigenvalue weighted by Crippen LogP contribution is -2.36. The summed E-state index contributed by atoms with van der Waals surface area (Å²) in [5.41, 5.74) is 2.95. The maximum Gasteiger partial charge on any atom is 0.231 e. The van der Waals surface area contributed by atoms with Crippen molar-refractivity contribution in [2.24, 2.45) is 0 Å². The average molecular weight is 331 g/mol. The Bertz CT molecular complexity index is 850. The third-order valence-corrected chi connectivity index (χ3v) is 5.05. The second-order valence-electron chi connectivity index (χ2n) is 6.70. The van der Waals surface area contributed by atoms with Gasteiger partial charge in [0.1, 0.15) is 0 Å². The van der Waals surface area contributed by atoms with E-state index in [4.69, 9.17) is 0 Å². The highest BCUT2D eigenvalue weighted by Crippen LogP contribution is 2.48. The van der Waals surface area contributed by atoms with Gasteiger partial charge in [-0.3, -0.25) is 4.79 Å². The molecule has 4 rings (SSSR count). The number of imidazole rings is 1. The van der Waals surface area contributed by atoms with E-state index in [0.717, 1.165) is 29.7 Å². The summed E-state index contributed by atoms with van der Waals surface area (Å²) >= 11 is 0. The minimum atomic E-state index is -0.327. The lowest BCUT2D eigenvalue weighted by Gasteiger charge is -2.20. The van der Waals surface area contributed by atoms with Gasteiger partial charge in [-0.25, -0.2) is 4.98 Å². The molecule has 1 N–H and O–H groups in total. The molecule has 0 unspecified atom stereocenters. The molecule has 1 fully saturated rings. The van der Waals surface area contributed by atoms with Crippen LogP contribution in [0.1, 0.15) is 36.9 Å². The Hall–Kier alpha value is -2.88. The van der Waals surface area contributed by atoms with Crippen LogP contribution < -0.4 is 5.32 Å². The number of carbonyl (C=O) groups is 1. The summed E-state index contributed by atoms with van der Waals surface area (Å²) in [7, 11) is 0. The zero-order valence-corrected chi connectivity index (χ0v) is 14.2. The molecule has 1 amide bonds. The monoisotopic (exact) mass is 331 g/mol. The number of amides is 1. The van der Waals surface area contributed by atoms with Crippen LogP contribution in [0, 0.1) is 0 Å². The largest absolute Gasteiger partial charge is 0.349 e. The van der Waals surface area contributed by atoms with Gasteiger partial charge in [-0.15, -0.1) is 0 Å². The predicted octanol–water partition coefficient (Wildman–Crippen LogP) is 3.78. The summed E-state index contributed by atoms with van der Waals surface area (Å²) in [4.78, 5) is 16.9. The van der Waals surface area contributed by atoms with E-state index in [2.05, 4.69) is 34.6 Å². The minimum Gasteiger partial charge on any atom is -0.349 e. The number of benzene rings is 2. The summed E-state index contributed by atoms with van der Waals surface area (Å²) in [5.74, 6) is 0.130. The zero-order chi connectivity index (χ0) is 17.3. The van der Waals surface area contributed by atoms with E-state index in [-0.39, 0.29) is 17.4 Å². The molecule has 0 spiro atoms. The number of nitrogens with one attached hydrogen (secondary N) is 1. The smallest absolute Gasteiger partial charge is 0.231 e. The molecule has 4 nitrogen and oxygen atoms in total. The Morgan fingerprint density at radius 3 is 2.44 bits per heavy atom. The third kappa shape index (κ3) is 2.95. The molecule has 2 aromatic carbocycles. The Labute approximate surface area is 147 Å². The van der Waals surface area contributed by atoms with E-state index >= 15 is 0 Å². The second-order valence-corrected chi connectivity index (χ2v) is 6.70. The number of nitrogens with zero attached hydrogens (tertiary/aromatic N) is 2. The summed E-state index contributed by atoms with van der Waals surface area (Å²) in [6.07, 6.45) is 7.30. The van der Waals surface area contributed by atoms with E-state index in [9.17, 15) is 4.79 Å². The van der Waals surface area contributed by atoms with Gasteiger partial charge in [0.05, 0.1) is 17.8 Å². The highest BCUT2D eigenvalue weighted by Gasteiger charge is 2.51. The van der Waals surface area contributed by atoms with Crippen LogP contribution in [0.4, 0.5) is 0 Å². The highest BCUT2D eigenvalue weighted by atomic mass is 16.2. The maximum atomic E-state index is 12.8. The number of hydrogen-bond donors (Lipinski definition) is 1. The molecule has 0 radical (unpaired) electrons. The van der Waals surface area contributed by atoms with Crippen LogP contribution in [0.25, 0.3) is 5.69 Å². The molecule has 1 aliphatic rings. The van der Waals surface area contributed by atoms with Crippen LogP contribution in [0.5, 0.6) is 0 Å². The molecular formula is C21H21N3O. The topological polar surface area (TPSA) is 46.9 Å². The van der Waals surface area contributed by atoms with Gasteiger partial charge >= 0.3 is 0 Å². The SMILES string of the molecule is C[C@@H](NC(=O)C1(c2ccccc2)CC1)c1ccc(-n2ccnc2)cc1. The summed E-state index contributed by atoms with van der Waals surface area (Å²) in [5, 5.41) is 3.19. The molecule has 1 aliphatic carbocycles. The van der Waals surface area contributed by atoms with Gasteiger partial charge in [0.25, 0.3) is 0 Å². The van der Waals surface area contributed by atoms with Crippen LogP contribution in [0.2, 0.25) is 0 Å². The average Bonchev–Trinajstić information content (AvgIpc) is 3.30. The molecule has 0 bridgehead atoms. The number of carbonyl (C=O) groups excluding carboxylic acids is 1. The fourth-order valence-electron chi connectivity index (χ4n) is 3.29. The van der Waals surface area contributed by atoms with Gasteiger partial charge in [0, 0.05) is 18.1 Å². The fraction of sp³-hybridized carbons (Fsp3) is 0.238. The molecule has 1 atom stereocenters. The number of hydrogen-bond acceptors (Lipinski definition) is 2. The van der Waals surface area contributed by atoms with Crippen molar-refractivity contribution in [3.05, 3.63) is 84.4 Å². The number of rotatable bonds is 5. The van der Waals surface area contributed by atoms with Crippen LogP contribution >= 0.6 is 0 Å². The molecule has 0 saturated heterocycles. The molecule has 126 valence electrons. The first-order valence-electron chi connectivity index (χ1n) is 8.64. The zero-order valence-electron chi connectivity index (χ0n) is 14.2. The Morgan fingerprint density at radius 2 is 1.84 bits per heavy atom. The van der Waals surface area contributed by atoms with E-state index < -0.39 is 0 Å². The maximum absolute atomic E-state index is 12.8. The van der Waals surface area contributed by atoms with Gasteiger partial charge < -0.3 is 9.88 Å². The fourth-order valence-corrected chi connectivity index (χ4v) is 3.29. The van der Waals surface area contributed by atoms with Gasteiger partial charge in [0.2, 0.25) is 5.91 Å². The van der Waals surface area contributed by atoms with Crippen LogP contribution in [-0.2, 0) is 10.2 Å². The molecule has 25 heavy (non-hydrogen) atoms. The van der Waals surface area contributed by atoms with Gasteiger partial charge in [-0.1, -0.05) is 42.5 Å². The third-order valence-electron chi connectivity index (χ3n) is 5.05. The molecular weight excluding hydrogens is 310 g/mol. The van der Waals surface area contributed by atoms with Crippen molar-refractivity contribution in [3.8, 4) is 5.69 Å². The normalized spacial score (nSPS) is 16.2. The van der Waals surface area contributed by atoms with E-state index in [0.29, 0.717) is 0 Å². The molecule has 4 heteroatoms. The van der Waals surface area contributed by atoms with Crippen molar-refractivity contribution in [3.63, 3.8) is 0 Å². The predicted molar refractivity (Wildman–Crippen MR) is 97.5 cm³/mol. The summed E-state index contributed by atoms with van der Waals surface area (Å²) in [6, 6.07) is 18.3. The van der Waals surface area contributed by atoms with Crippen molar-refractivity contribution in [1.29, 1.82) is 0 Å². The van der Waals surface area contributed by atoms with E-state index in [1.807, 2.05) is 48.0 Å². The van der Waals surface area contributed by atoms with Gasteiger partial charge in [-0.05, 0) is 43.0 Å². The first kappa shape index (κ1) is 15.6. The second kappa shape index (κ2) is 6.20. The standard InChI is InChI=1S/C21H21N3O/c1-16(17-7-9-19(10-8-17)24-14-13-22-15-24)23-20(25)21(11-12-21)18-5-3-2-4-6-18/h2-10,13-16H,11-12H2,1H3,(H,23,25)/t16-/m1/s1. The van der Waals surface area contributed by atoms with Crippen LogP contribution in [0.15, 0.2) is 73.3 Å². The Balaban J connectivity index is 1.47. The quantitative estimate of drug-likeness (QED) is 0.773. The van der Waals surface area contributed by atoms with E-state index in [1.54, 1.807) is 12.5 Å². The summed E-state index contributed by atoms with van der Waals surface area (Å²) < 4.78 is 1.96. The first-order chi connectivity index (χ1) is 12.2. The van der Waals surface area contributed by atoms with Crippen molar-refractivity contribution in [2.45, 2.75) is 31.2 Å². The Morgan fingerprint density at radius 1 is 1.12 bits per heavy atom. The Kier molecular flexibility index (Phi) is 3.88. The van der Waals surface area contributed by atoms with Crippen LogP contribution in [0.3, 0.4) is 0 Å². The minimum absolute atomic E-state index is 0.0227. The lowest BCUT2D eigenvalue weighted by atomic mass is 9.94. The molecule has 1 aromatic heterocycles. The molecule has 1 heterocycles. The van der Waals surface area contributed by atoms with Crippen LogP contribution in [-0.4, -0.2) is 15.5 Å². The molecule has 1 saturated carbocycles. The van der Waals surface area contributed by atoms with Crippen molar-refractivity contribution < 1.29 is 4.79 Å². The molecule has 0 aliphatic heterocycles.